The summed E-state index contributed by atoms with van der Waals surface area (Å²) in [4.78, 5) is 7.47. The van der Waals surface area contributed by atoms with E-state index in [4.69, 9.17) is 51.3 Å². The van der Waals surface area contributed by atoms with Crippen molar-refractivity contribution in [3.8, 4) is 0 Å². The van der Waals surface area contributed by atoms with Gasteiger partial charge in [0, 0.05) is 103 Å². The molecule has 2 aliphatic carbocycles. The summed E-state index contributed by atoms with van der Waals surface area (Å²) in [6, 6.07) is 32.7. The van der Waals surface area contributed by atoms with Crippen molar-refractivity contribution >= 4 is 200 Å². The topological polar surface area (TPSA) is 98.8 Å². The van der Waals surface area contributed by atoms with Gasteiger partial charge >= 0.3 is 167 Å². The molecule has 7 rings (SSSR count). The number of rotatable bonds is 16. The summed E-state index contributed by atoms with van der Waals surface area (Å²) in [5, 5.41) is 0. The fourth-order valence-electron chi connectivity index (χ4n) is 5.97. The molecule has 0 atom stereocenters. The summed E-state index contributed by atoms with van der Waals surface area (Å²) in [5.74, 6) is 0. The third-order valence-corrected chi connectivity index (χ3v) is 15.3. The van der Waals surface area contributed by atoms with Crippen molar-refractivity contribution in [3.05, 3.63) is 218 Å². The molecule has 0 aromatic heterocycles. The molecule has 0 N–H and O–H groups in total. The second-order valence-corrected chi connectivity index (χ2v) is 74.2. The van der Waals surface area contributed by atoms with Gasteiger partial charge in [0.1, 0.15) is 0 Å². The molecule has 4 aromatic rings. The Morgan fingerprint density at radius 3 is 0.921 bits per heavy atom. The first-order chi connectivity index (χ1) is 52.4. The molecule has 0 bridgehead atoms. The summed E-state index contributed by atoms with van der Waals surface area (Å²) in [7, 11) is -3.45. The van der Waals surface area contributed by atoms with E-state index in [9.17, 15) is 4.57 Å². The van der Waals surface area contributed by atoms with Gasteiger partial charge in [-0.25, -0.2) is 12.2 Å². The van der Waals surface area contributed by atoms with Gasteiger partial charge in [0.2, 0.25) is 0 Å². The van der Waals surface area contributed by atoms with Crippen LogP contribution in [0.15, 0.2) is 146 Å². The van der Waals surface area contributed by atoms with Crippen LogP contribution in [0.25, 0.3) is 12.2 Å². The molecule has 114 heavy (non-hydrogen) atoms. The van der Waals surface area contributed by atoms with Gasteiger partial charge in [-0.2, -0.15) is 30.7 Å². The third-order valence-electron chi connectivity index (χ3n) is 10.8. The Kier molecular flexibility index (Phi) is 216. The van der Waals surface area contributed by atoms with Gasteiger partial charge in [0.05, 0.1) is 50.4 Å². The van der Waals surface area contributed by atoms with E-state index in [0.717, 1.165) is 39.9 Å². The Hall–Kier alpha value is 6.38. The maximum atomic E-state index is 12.2. The van der Waals surface area contributed by atoms with Crippen LogP contribution in [0.2, 0.25) is 6.82 Å². The molecule has 1 fully saturated rings. The number of carbonyl (C=O) groups excluding carboxylic acids is 1. The number of aryl methyl sites for hydroxylation is 5. The Balaban J connectivity index is -0.0000000443. The third kappa shape index (κ3) is 150. The van der Waals surface area contributed by atoms with Crippen LogP contribution in [0.1, 0.15) is 267 Å². The first-order valence-electron chi connectivity index (χ1n) is 38.7. The minimum atomic E-state index is -2.96. The fraction of sp³-hybridized carbons (Fsp3) is 0.557. The molecule has 662 valence electrons. The molecule has 3 aliphatic rings. The minimum Gasteiger partial charge on any atom is 0 e. The van der Waals surface area contributed by atoms with Crippen LogP contribution in [0, 0.1) is 55.2 Å². The molecule has 1 heterocycles. The van der Waals surface area contributed by atoms with E-state index in [0.29, 0.717) is 48.7 Å². The summed E-state index contributed by atoms with van der Waals surface area (Å²) in [6.07, 6.45) is 26.4. The Morgan fingerprint density at radius 2 is 0.781 bits per heavy atom. The van der Waals surface area contributed by atoms with E-state index in [1.165, 1.54) is 45.1 Å². The molecule has 4 aromatic carbocycles. The van der Waals surface area contributed by atoms with Gasteiger partial charge in [0.15, 0.2) is 0 Å². The molecule has 0 unspecified atom stereocenters. The molecule has 3 radical (unpaired) electrons. The second-order valence-electron chi connectivity index (χ2n) is 20.2. The molecule has 9 nitrogen and oxygen atoms in total. The first-order valence-corrected chi connectivity index (χ1v) is 66.8. The summed E-state index contributed by atoms with van der Waals surface area (Å²) in [6.45, 7) is 86.2. The van der Waals surface area contributed by atoms with Gasteiger partial charge in [-0.05, 0) is 144 Å². The van der Waals surface area contributed by atoms with Crippen LogP contribution in [-0.2, 0) is 166 Å². The van der Waals surface area contributed by atoms with Crippen molar-refractivity contribution < 1.29 is 186 Å². The number of benzene rings is 4. The largest absolute Gasteiger partial charge is 1.00 e. The second kappa shape index (κ2) is 148. The molecule has 1 aliphatic heterocycles. The van der Waals surface area contributed by atoms with Crippen LogP contribution in [0.3, 0.4) is 0 Å². The van der Waals surface area contributed by atoms with Crippen molar-refractivity contribution in [2.75, 3.05) is 43.7 Å². The molecule has 26 heteroatoms. The van der Waals surface area contributed by atoms with E-state index < -0.39 is 16.2 Å². The van der Waals surface area contributed by atoms with Gasteiger partial charge in [0.25, 0.3) is 0 Å². The molecule has 0 saturated carbocycles. The SMILES string of the molecule is C1=CCC=C1.C1=CCC=C1.CB1OC(C)(C)C(C)(C)O1.CC.CC.CC.CC.CC.CC.CC(C)I.CCC.CCCI.CCOP(=O)(Cc1ccc(C)cc1)OCC.CCOP(OCC)OCC.CCc1ccc(C)cc1.[2H]CS.[CH-]=Cc1ccc(C)cc1.[CH-]=Cc1ccc(C)cc1.[CH-]=O.[CH2-]C.[CH3-].[H-].[I][V]([I])[I].[I][V][I].[Na+].[Y].[Y].[Y]. The van der Waals surface area contributed by atoms with Gasteiger partial charge in [-0.1, -0.05) is 320 Å². The van der Waals surface area contributed by atoms with Crippen LogP contribution < -0.4 is 29.6 Å². The van der Waals surface area contributed by atoms with Gasteiger partial charge in [-0.15, -0.1) is 24.3 Å². The standard InChI is InChI=1S/C12H19O3P.C9H12.2C9H9.C7H15BO2.C6H15O3P.2C5H6.2C3H7I.C3H8.6C2H6.C2H5.CHO.CH4S.CH3.5HI.Na.2V.3Y.H/c1-4-14-16(13,15-5-2)10-12-8-6-11(3)7-9-12;3*1-3-9-6-4-8(2)5-7-9;1-6(2)7(3,4)10-8(5)9-6;1-4-7-10(8-5-2)9-6-3;2*1-2-4-5-3-1;1-3(2)4;1-2-3-4;1-3-2;9*1-2;;;;;;;;;;;;;/h6-9H,4-5,10H2,1-3H3;4-7H,3H2,1-2H3;2*1,3-7H,2H3;1-5H3;4-6H2,1-3H3;2*1-4H,5H2;3H,1-2H3;2-3H2,1H3;3H2,1-2H3;6*1-2H3;1H2,2H3;1H;2H,1H3;1H3;5*1H;;;;;;;/q;;2*-1;;;;;;;;;;;;;;2*-1;;-1;;;;;;+1;+2;+3;;;;-1/p-5/i;;;;;;;;;;;;;;;;;;;1D;;;;;;;;;;;;;. The number of hydrogen-bond acceptors (Lipinski definition) is 10. The molecular weight excluding hydrogens is 2590 g/mol. The summed E-state index contributed by atoms with van der Waals surface area (Å²) in [5.41, 5.74) is 9.27. The van der Waals surface area contributed by atoms with E-state index >= 15 is 0 Å². The Labute approximate surface area is 913 Å². The first kappa shape index (κ1) is 167. The van der Waals surface area contributed by atoms with Crippen LogP contribution in [0.4, 0.5) is 0 Å². The molecule has 0 spiro atoms. The molecule has 1 saturated heterocycles. The average molecular weight is 2750 g/mol. The summed E-state index contributed by atoms with van der Waals surface area (Å²) >= 11 is 20.3. The minimum absolute atomic E-state index is 0. The zero-order chi connectivity index (χ0) is 89.7. The number of hydrogen-bond donors (Lipinski definition) is 1. The van der Waals surface area contributed by atoms with Crippen molar-refractivity contribution in [1.82, 2.24) is 0 Å². The van der Waals surface area contributed by atoms with E-state index in [-0.39, 0.29) is 166 Å². The maximum absolute atomic E-state index is 12.2. The Morgan fingerprint density at radius 1 is 0.579 bits per heavy atom. The van der Waals surface area contributed by atoms with Crippen molar-refractivity contribution in [2.45, 2.75) is 282 Å². The quantitative estimate of drug-likeness (QED) is 0.0224. The van der Waals surface area contributed by atoms with E-state index in [1.807, 2.05) is 204 Å². The maximum Gasteiger partial charge on any atom is 1.00 e. The molecular formula is C88H163BI7NaO9P2SV2Y3-5. The predicted molar refractivity (Wildman–Crippen MR) is 568 cm³/mol. The van der Waals surface area contributed by atoms with Gasteiger partial charge in [-0.3, -0.25) is 24.5 Å². The van der Waals surface area contributed by atoms with Gasteiger partial charge < -0.3 is 52.5 Å². The van der Waals surface area contributed by atoms with Crippen molar-refractivity contribution in [2.24, 2.45) is 0 Å². The zero-order valence-corrected chi connectivity index (χ0v) is 109. The van der Waals surface area contributed by atoms with Crippen LogP contribution >= 0.6 is 174 Å². The summed E-state index contributed by atoms with van der Waals surface area (Å²) < 4.78 is 57.4. The average Bonchev–Trinajstić information content (AvgIpc) is 1.65. The van der Waals surface area contributed by atoms with Crippen LogP contribution in [0.5, 0.6) is 0 Å². The van der Waals surface area contributed by atoms with E-state index in [2.05, 4.69) is 334 Å². The smallest absolute Gasteiger partial charge is 0 e. The number of halogens is 7. The fourth-order valence-corrected chi connectivity index (χ4v) is 8.53. The number of allylic oxidation sites excluding steroid dienone is 8. The van der Waals surface area contributed by atoms with Crippen molar-refractivity contribution in [1.29, 1.82) is 0 Å². The zero-order valence-electron chi connectivity index (χ0n) is 80.1. The normalized spacial score (nSPS) is 10.6. The monoisotopic (exact) mass is 2750 g/mol. The number of thiol groups is 1. The number of alkyl halides is 2. The van der Waals surface area contributed by atoms with E-state index in [1.54, 1.807) is 19.1 Å². The van der Waals surface area contributed by atoms with Crippen LogP contribution in [-0.4, -0.2) is 72.7 Å². The van der Waals surface area contributed by atoms with Crippen molar-refractivity contribution in [3.63, 3.8) is 0 Å². The Bertz CT molecular complexity index is 2350. The molecule has 0 amide bonds. The predicted octanol–water partition coefficient (Wildman–Crippen LogP) is 32.6.